The van der Waals surface area contributed by atoms with Gasteiger partial charge < -0.3 is 15.0 Å². The fourth-order valence-corrected chi connectivity index (χ4v) is 3.67. The molecule has 3 heterocycles. The summed E-state index contributed by atoms with van der Waals surface area (Å²) in [6.45, 7) is 4.96. The summed E-state index contributed by atoms with van der Waals surface area (Å²) in [5, 5.41) is 3.59. The quantitative estimate of drug-likeness (QED) is 0.916. The van der Waals surface area contributed by atoms with Crippen molar-refractivity contribution in [3.8, 4) is 5.75 Å². The molecule has 0 radical (unpaired) electrons. The summed E-state index contributed by atoms with van der Waals surface area (Å²) in [6, 6.07) is 12.8. The second-order valence-electron chi connectivity index (χ2n) is 6.72. The first kappa shape index (κ1) is 15.5. The van der Waals surface area contributed by atoms with Crippen LogP contribution >= 0.6 is 0 Å². The maximum Gasteiger partial charge on any atom is 0.128 e. The molecule has 4 heteroatoms. The van der Waals surface area contributed by atoms with Crippen LogP contribution < -0.4 is 15.0 Å². The van der Waals surface area contributed by atoms with Gasteiger partial charge in [0.05, 0.1) is 6.61 Å². The largest absolute Gasteiger partial charge is 0.493 e. The molecule has 0 bridgehead atoms. The normalized spacial score (nSPS) is 19.8. The van der Waals surface area contributed by atoms with Crippen LogP contribution in [0, 0.1) is 0 Å². The number of nitrogens with one attached hydrogen (secondary N) is 1. The van der Waals surface area contributed by atoms with Gasteiger partial charge in [0.15, 0.2) is 0 Å². The number of benzene rings is 1. The Bertz CT molecular complexity index is 665. The van der Waals surface area contributed by atoms with E-state index in [1.54, 1.807) is 0 Å². The molecule has 0 saturated carbocycles. The smallest absolute Gasteiger partial charge is 0.128 e. The molecule has 2 aliphatic rings. The lowest BCUT2D eigenvalue weighted by Gasteiger charge is -2.26. The van der Waals surface area contributed by atoms with Crippen LogP contribution in [0.15, 0.2) is 42.6 Å². The lowest BCUT2D eigenvalue weighted by atomic mass is 9.93. The Hall–Kier alpha value is -2.07. The van der Waals surface area contributed by atoms with E-state index in [4.69, 9.17) is 4.74 Å². The Morgan fingerprint density at radius 3 is 2.83 bits per heavy atom. The first-order valence-corrected chi connectivity index (χ1v) is 9.02. The number of ether oxygens (including phenoxy) is 1. The van der Waals surface area contributed by atoms with Gasteiger partial charge in [-0.05, 0) is 42.5 Å². The number of hydrogen-bond donors (Lipinski definition) is 1. The number of nitrogens with zero attached hydrogens (tertiary/aromatic N) is 2. The maximum atomic E-state index is 5.74. The molecule has 1 N–H and O–H groups in total. The van der Waals surface area contributed by atoms with Crippen molar-refractivity contribution < 1.29 is 4.74 Å². The van der Waals surface area contributed by atoms with Crippen LogP contribution in [0.25, 0.3) is 0 Å². The predicted molar refractivity (Wildman–Crippen MR) is 96.7 cm³/mol. The minimum Gasteiger partial charge on any atom is -0.493 e. The summed E-state index contributed by atoms with van der Waals surface area (Å²) >= 11 is 0. The fourth-order valence-electron chi connectivity index (χ4n) is 3.67. The third-order valence-electron chi connectivity index (χ3n) is 5.04. The van der Waals surface area contributed by atoms with Crippen LogP contribution in [0.1, 0.15) is 36.3 Å². The minimum atomic E-state index is 0.534. The number of para-hydroxylation sites is 1. The van der Waals surface area contributed by atoms with Crippen LogP contribution in [0.4, 0.5) is 5.82 Å². The van der Waals surface area contributed by atoms with E-state index in [1.807, 2.05) is 12.3 Å². The molecule has 0 unspecified atom stereocenters. The third kappa shape index (κ3) is 3.39. The molecule has 1 saturated heterocycles. The summed E-state index contributed by atoms with van der Waals surface area (Å²) in [5.74, 6) is 2.70. The van der Waals surface area contributed by atoms with Crippen molar-refractivity contribution >= 4 is 5.82 Å². The molecule has 1 atom stereocenters. The van der Waals surface area contributed by atoms with Crippen molar-refractivity contribution in [1.82, 2.24) is 10.3 Å². The minimum absolute atomic E-state index is 0.534. The van der Waals surface area contributed by atoms with Gasteiger partial charge in [-0.15, -0.1) is 0 Å². The van der Waals surface area contributed by atoms with Crippen molar-refractivity contribution in [2.24, 2.45) is 0 Å². The zero-order chi connectivity index (χ0) is 16.2. The van der Waals surface area contributed by atoms with Gasteiger partial charge in [-0.2, -0.15) is 0 Å². The van der Waals surface area contributed by atoms with E-state index < -0.39 is 0 Å². The molecule has 1 aromatic carbocycles. The van der Waals surface area contributed by atoms with Gasteiger partial charge in [0.1, 0.15) is 11.6 Å². The molecule has 4 nitrogen and oxygen atoms in total. The van der Waals surface area contributed by atoms with Gasteiger partial charge in [-0.1, -0.05) is 24.3 Å². The van der Waals surface area contributed by atoms with Crippen LogP contribution in [0.3, 0.4) is 0 Å². The molecule has 0 amide bonds. The molecule has 0 spiro atoms. The highest BCUT2D eigenvalue weighted by molar-refractivity contribution is 5.40. The van der Waals surface area contributed by atoms with Crippen molar-refractivity contribution in [3.05, 3.63) is 53.7 Å². The molecule has 1 aromatic heterocycles. The van der Waals surface area contributed by atoms with Crippen LogP contribution in [-0.2, 0) is 6.54 Å². The number of aromatic nitrogens is 1. The molecule has 0 aliphatic carbocycles. The lowest BCUT2D eigenvalue weighted by molar-refractivity contribution is 0.264. The summed E-state index contributed by atoms with van der Waals surface area (Å²) in [4.78, 5) is 7.00. The zero-order valence-electron chi connectivity index (χ0n) is 14.1. The van der Waals surface area contributed by atoms with E-state index in [2.05, 4.69) is 45.5 Å². The number of anilines is 1. The molecule has 1 fully saturated rings. The highest BCUT2D eigenvalue weighted by Gasteiger charge is 2.20. The van der Waals surface area contributed by atoms with Crippen molar-refractivity contribution in [2.45, 2.75) is 31.7 Å². The Morgan fingerprint density at radius 1 is 1.12 bits per heavy atom. The second kappa shape index (κ2) is 7.22. The standard InChI is InChI=1S/C20H25N3O/c1-2-6-19-18(5-1)17(9-12-24-19)15-21-13-16-7-8-20(22-14-16)23-10-3-4-11-23/h1-2,5-8,14,17,21H,3-4,9-13,15H2/t17-/m1/s1. The molecule has 2 aliphatic heterocycles. The van der Waals surface area contributed by atoms with Gasteiger partial charge >= 0.3 is 0 Å². The summed E-state index contributed by atoms with van der Waals surface area (Å²) in [5.41, 5.74) is 2.58. The topological polar surface area (TPSA) is 37.4 Å². The lowest BCUT2D eigenvalue weighted by Crippen LogP contribution is -2.25. The van der Waals surface area contributed by atoms with Crippen LogP contribution in [-0.4, -0.2) is 31.2 Å². The van der Waals surface area contributed by atoms with Gasteiger partial charge in [0, 0.05) is 38.3 Å². The summed E-state index contributed by atoms with van der Waals surface area (Å²) in [6.07, 6.45) is 5.67. The Balaban J connectivity index is 1.31. The zero-order valence-corrected chi connectivity index (χ0v) is 14.1. The van der Waals surface area contributed by atoms with E-state index in [0.29, 0.717) is 5.92 Å². The van der Waals surface area contributed by atoms with Crippen LogP contribution in [0.5, 0.6) is 5.75 Å². The van der Waals surface area contributed by atoms with E-state index in [0.717, 1.165) is 50.8 Å². The molecule has 24 heavy (non-hydrogen) atoms. The molecule has 2 aromatic rings. The second-order valence-corrected chi connectivity index (χ2v) is 6.72. The number of fused-ring (bicyclic) bond motifs is 1. The van der Waals surface area contributed by atoms with Crippen molar-refractivity contribution in [3.63, 3.8) is 0 Å². The summed E-state index contributed by atoms with van der Waals surface area (Å²) < 4.78 is 5.74. The Kier molecular flexibility index (Phi) is 4.65. The average Bonchev–Trinajstić information content (AvgIpc) is 3.17. The van der Waals surface area contributed by atoms with Gasteiger partial charge in [-0.25, -0.2) is 4.98 Å². The van der Waals surface area contributed by atoms with E-state index in [1.165, 1.54) is 24.0 Å². The van der Waals surface area contributed by atoms with Gasteiger partial charge in [-0.3, -0.25) is 0 Å². The number of rotatable bonds is 5. The Labute approximate surface area is 143 Å². The average molecular weight is 323 g/mol. The highest BCUT2D eigenvalue weighted by Crippen LogP contribution is 2.32. The van der Waals surface area contributed by atoms with E-state index >= 15 is 0 Å². The first-order valence-electron chi connectivity index (χ1n) is 9.02. The molecule has 126 valence electrons. The number of pyridine rings is 1. The molecular weight excluding hydrogens is 298 g/mol. The predicted octanol–water partition coefficient (Wildman–Crippen LogP) is 3.34. The van der Waals surface area contributed by atoms with Crippen molar-refractivity contribution in [1.29, 1.82) is 0 Å². The van der Waals surface area contributed by atoms with Crippen molar-refractivity contribution in [2.75, 3.05) is 31.1 Å². The monoisotopic (exact) mass is 323 g/mol. The maximum absolute atomic E-state index is 5.74. The number of hydrogen-bond acceptors (Lipinski definition) is 4. The fraction of sp³-hybridized carbons (Fsp3) is 0.450. The van der Waals surface area contributed by atoms with E-state index in [9.17, 15) is 0 Å². The first-order chi connectivity index (χ1) is 11.9. The summed E-state index contributed by atoms with van der Waals surface area (Å²) in [7, 11) is 0. The van der Waals surface area contributed by atoms with Crippen LogP contribution in [0.2, 0.25) is 0 Å². The molecule has 4 rings (SSSR count). The SMILES string of the molecule is c1ccc2c(c1)OCC[C@@H]2CNCc1ccc(N2CCCC2)nc1. The molecular formula is C20H25N3O. The third-order valence-corrected chi connectivity index (χ3v) is 5.04. The van der Waals surface area contributed by atoms with Gasteiger partial charge in [0.25, 0.3) is 0 Å². The van der Waals surface area contributed by atoms with E-state index in [-0.39, 0.29) is 0 Å². The Morgan fingerprint density at radius 2 is 2.00 bits per heavy atom. The van der Waals surface area contributed by atoms with Gasteiger partial charge in [0.2, 0.25) is 0 Å². The highest BCUT2D eigenvalue weighted by atomic mass is 16.5.